The second-order valence-electron chi connectivity index (χ2n) is 4.80. The summed E-state index contributed by atoms with van der Waals surface area (Å²) in [5.74, 6) is 0.904. The molecule has 0 aliphatic carbocycles. The third-order valence-electron chi connectivity index (χ3n) is 3.24. The number of nitrogens with one attached hydrogen (secondary N) is 1. The quantitative estimate of drug-likeness (QED) is 0.803. The molecule has 4 nitrogen and oxygen atoms in total. The summed E-state index contributed by atoms with van der Waals surface area (Å²) in [6.07, 6.45) is 2.16. The fraction of sp³-hybridized carbons (Fsp3) is 0.429. The molecule has 0 saturated heterocycles. The van der Waals surface area contributed by atoms with Gasteiger partial charge in [0.25, 0.3) is 0 Å². The molecule has 20 heavy (non-hydrogen) atoms. The first kappa shape index (κ1) is 15.0. The van der Waals surface area contributed by atoms with E-state index in [0.717, 1.165) is 29.9 Å². The van der Waals surface area contributed by atoms with Crippen molar-refractivity contribution < 1.29 is 0 Å². The Hall–Kier alpha value is -1.40. The van der Waals surface area contributed by atoms with E-state index in [4.69, 9.17) is 18.0 Å². The highest BCUT2D eigenvalue weighted by Gasteiger charge is 2.20. The number of rotatable bonds is 6. The molecule has 0 radical (unpaired) electrons. The summed E-state index contributed by atoms with van der Waals surface area (Å²) < 4.78 is 1.82. The van der Waals surface area contributed by atoms with Gasteiger partial charge in [-0.05, 0) is 24.8 Å². The fourth-order valence-electron chi connectivity index (χ4n) is 2.35. The normalized spacial score (nSPS) is 12.3. The number of thiophene rings is 1. The maximum Gasteiger partial charge on any atom is 0.135 e. The molecule has 3 N–H and O–H groups in total. The maximum absolute atomic E-state index is 5.84. The average Bonchev–Trinajstić information content (AvgIpc) is 2.97. The summed E-state index contributed by atoms with van der Waals surface area (Å²) >= 11 is 6.92. The number of nitrogens with zero attached hydrogens (tertiary/aromatic N) is 2. The van der Waals surface area contributed by atoms with E-state index in [2.05, 4.69) is 34.9 Å². The van der Waals surface area contributed by atoms with E-state index in [1.165, 1.54) is 4.88 Å². The minimum Gasteiger partial charge on any atom is -0.389 e. The predicted octanol–water partition coefficient (Wildman–Crippen LogP) is 3.38. The number of hydrogen-bond acceptors (Lipinski definition) is 4. The number of hydrogen-bond donors (Lipinski definition) is 2. The average molecular weight is 308 g/mol. The number of aromatic nitrogens is 2. The Morgan fingerprint density at radius 1 is 1.60 bits per heavy atom. The summed E-state index contributed by atoms with van der Waals surface area (Å²) in [7, 11) is 1.91. The van der Waals surface area contributed by atoms with Crippen molar-refractivity contribution in [2.24, 2.45) is 12.8 Å². The zero-order valence-electron chi connectivity index (χ0n) is 12.0. The van der Waals surface area contributed by atoms with Gasteiger partial charge in [-0.1, -0.05) is 31.6 Å². The van der Waals surface area contributed by atoms with Gasteiger partial charge < -0.3 is 11.1 Å². The minimum absolute atomic E-state index is 0.267. The van der Waals surface area contributed by atoms with Gasteiger partial charge in [0, 0.05) is 11.9 Å². The van der Waals surface area contributed by atoms with Crippen LogP contribution in [-0.4, -0.2) is 14.8 Å². The first-order chi connectivity index (χ1) is 9.54. The van der Waals surface area contributed by atoms with Crippen LogP contribution < -0.4 is 11.1 Å². The molecule has 108 valence electrons. The lowest BCUT2D eigenvalue weighted by atomic mass is 10.1. The number of anilines is 1. The van der Waals surface area contributed by atoms with Crippen molar-refractivity contribution >= 4 is 34.4 Å². The minimum atomic E-state index is 0.267. The van der Waals surface area contributed by atoms with Gasteiger partial charge in [0.2, 0.25) is 0 Å². The first-order valence-corrected chi connectivity index (χ1v) is 7.96. The Morgan fingerprint density at radius 3 is 2.90 bits per heavy atom. The Balaban J connectivity index is 2.34. The van der Waals surface area contributed by atoms with Crippen LogP contribution in [0, 0.1) is 6.92 Å². The van der Waals surface area contributed by atoms with E-state index in [9.17, 15) is 0 Å². The van der Waals surface area contributed by atoms with Gasteiger partial charge in [-0.25, -0.2) is 0 Å². The zero-order chi connectivity index (χ0) is 14.7. The predicted molar refractivity (Wildman–Crippen MR) is 89.4 cm³/mol. The van der Waals surface area contributed by atoms with E-state index >= 15 is 0 Å². The van der Waals surface area contributed by atoms with E-state index < -0.39 is 0 Å². The molecule has 2 heterocycles. The molecule has 2 rings (SSSR count). The molecule has 0 aliphatic heterocycles. The molecule has 2 aromatic rings. The van der Waals surface area contributed by atoms with Crippen molar-refractivity contribution in [3.05, 3.63) is 33.6 Å². The van der Waals surface area contributed by atoms with Crippen molar-refractivity contribution in [2.45, 2.75) is 32.7 Å². The van der Waals surface area contributed by atoms with Gasteiger partial charge in [0.15, 0.2) is 0 Å². The highest BCUT2D eigenvalue weighted by atomic mass is 32.1. The molecule has 1 unspecified atom stereocenters. The van der Waals surface area contributed by atoms with Crippen molar-refractivity contribution in [3.8, 4) is 0 Å². The van der Waals surface area contributed by atoms with Gasteiger partial charge in [-0.3, -0.25) is 4.68 Å². The standard InChI is InChI=1S/C14H20N4S2/c1-4-6-10(11-7-5-8-20-11)16-14-12(13(15)19)9(2)17-18(14)3/h5,7-8,10,16H,4,6H2,1-3H3,(H2,15,19). The van der Waals surface area contributed by atoms with E-state index in [1.807, 2.05) is 18.7 Å². The summed E-state index contributed by atoms with van der Waals surface area (Å²) in [4.78, 5) is 1.71. The van der Waals surface area contributed by atoms with Crippen LogP contribution in [0.5, 0.6) is 0 Å². The second-order valence-corrected chi connectivity index (χ2v) is 6.22. The highest BCUT2D eigenvalue weighted by molar-refractivity contribution is 7.80. The topological polar surface area (TPSA) is 55.9 Å². The van der Waals surface area contributed by atoms with Crippen molar-refractivity contribution in [1.29, 1.82) is 0 Å². The maximum atomic E-state index is 5.84. The van der Waals surface area contributed by atoms with Crippen LogP contribution in [0.4, 0.5) is 5.82 Å². The Morgan fingerprint density at radius 2 is 2.35 bits per heavy atom. The van der Waals surface area contributed by atoms with Crippen molar-refractivity contribution in [3.63, 3.8) is 0 Å². The van der Waals surface area contributed by atoms with Crippen molar-refractivity contribution in [1.82, 2.24) is 9.78 Å². The fourth-order valence-corrected chi connectivity index (χ4v) is 3.40. The van der Waals surface area contributed by atoms with Crippen molar-refractivity contribution in [2.75, 3.05) is 5.32 Å². The molecule has 6 heteroatoms. The zero-order valence-corrected chi connectivity index (χ0v) is 13.6. The summed E-state index contributed by atoms with van der Waals surface area (Å²) in [6, 6.07) is 4.50. The molecule has 0 bridgehead atoms. The van der Waals surface area contributed by atoms with Gasteiger partial charge >= 0.3 is 0 Å². The number of thiocarbonyl (C=S) groups is 1. The van der Waals surface area contributed by atoms with Crippen LogP contribution in [-0.2, 0) is 7.05 Å². The summed E-state index contributed by atoms with van der Waals surface area (Å²) in [5.41, 5.74) is 7.55. The van der Waals surface area contributed by atoms with Gasteiger partial charge in [0.05, 0.1) is 17.3 Å². The summed E-state index contributed by atoms with van der Waals surface area (Å²) in [6.45, 7) is 4.12. The van der Waals surface area contributed by atoms with Gasteiger partial charge in [0.1, 0.15) is 10.8 Å². The lowest BCUT2D eigenvalue weighted by molar-refractivity contribution is 0.667. The Kier molecular flexibility index (Phi) is 4.77. The highest BCUT2D eigenvalue weighted by Crippen LogP contribution is 2.29. The monoisotopic (exact) mass is 308 g/mol. The molecular formula is C14H20N4S2. The number of nitrogens with two attached hydrogens (primary N) is 1. The molecule has 0 saturated carbocycles. The van der Waals surface area contributed by atoms with Crippen LogP contribution >= 0.6 is 23.6 Å². The van der Waals surface area contributed by atoms with Crippen LogP contribution in [0.2, 0.25) is 0 Å². The molecule has 0 aliphatic rings. The van der Waals surface area contributed by atoms with E-state index in [1.54, 1.807) is 11.3 Å². The lowest BCUT2D eigenvalue weighted by Gasteiger charge is -2.19. The molecular weight excluding hydrogens is 288 g/mol. The van der Waals surface area contributed by atoms with Crippen LogP contribution in [0.25, 0.3) is 0 Å². The first-order valence-electron chi connectivity index (χ1n) is 6.68. The van der Waals surface area contributed by atoms with Gasteiger partial charge in [-0.15, -0.1) is 11.3 Å². The molecule has 0 spiro atoms. The number of aryl methyl sites for hydroxylation is 2. The second kappa shape index (κ2) is 6.37. The SMILES string of the molecule is CCCC(Nc1c(C(N)=S)c(C)nn1C)c1cccs1. The third kappa shape index (κ3) is 3.02. The molecule has 1 atom stereocenters. The van der Waals surface area contributed by atoms with Crippen LogP contribution in [0.3, 0.4) is 0 Å². The molecule has 0 fully saturated rings. The van der Waals surface area contributed by atoms with E-state index in [0.29, 0.717) is 4.99 Å². The third-order valence-corrected chi connectivity index (χ3v) is 4.43. The Bertz CT molecular complexity index is 587. The largest absolute Gasteiger partial charge is 0.389 e. The van der Waals surface area contributed by atoms with Crippen LogP contribution in [0.15, 0.2) is 17.5 Å². The molecule has 0 aromatic carbocycles. The molecule has 2 aromatic heterocycles. The Labute approximate surface area is 129 Å². The smallest absolute Gasteiger partial charge is 0.135 e. The van der Waals surface area contributed by atoms with Gasteiger partial charge in [-0.2, -0.15) is 5.10 Å². The summed E-state index contributed by atoms with van der Waals surface area (Å²) in [5, 5.41) is 10.1. The van der Waals surface area contributed by atoms with Crippen LogP contribution in [0.1, 0.15) is 41.9 Å². The molecule has 0 amide bonds. The van der Waals surface area contributed by atoms with E-state index in [-0.39, 0.29) is 6.04 Å². The lowest BCUT2D eigenvalue weighted by Crippen LogP contribution is -2.17.